The number of nitrogens with one attached hydrogen (secondary N) is 1. The molecule has 2 aliphatic rings. The number of nitriles is 1. The number of rotatable bonds is 5. The standard InChI is InChI=1S/C20H24N6O3/c1-3-15-4-5-16(12-21)25(15)19(27)14-23-20(2)8-10-24(11-9-20)18-7-6-17(13-22-18)26(28)29/h1,6-7,13,15-16,23H,4-5,8-11,14H2,2H3/t15-,16+/m1/s1. The number of amides is 1. The first-order valence-corrected chi connectivity index (χ1v) is 9.64. The minimum absolute atomic E-state index is 0.0290. The normalized spacial score (nSPS) is 23.3. The van der Waals surface area contributed by atoms with Crippen LogP contribution in [0, 0.1) is 33.8 Å². The van der Waals surface area contributed by atoms with E-state index in [2.05, 4.69) is 34.1 Å². The van der Waals surface area contributed by atoms with Crippen molar-refractivity contribution in [2.75, 3.05) is 24.5 Å². The number of pyridine rings is 1. The molecule has 3 heterocycles. The summed E-state index contributed by atoms with van der Waals surface area (Å²) in [6.45, 7) is 3.66. The molecule has 1 N–H and O–H groups in total. The Balaban J connectivity index is 1.54. The second kappa shape index (κ2) is 8.46. The molecule has 29 heavy (non-hydrogen) atoms. The van der Waals surface area contributed by atoms with Crippen molar-refractivity contribution in [2.45, 2.75) is 50.2 Å². The molecule has 0 spiro atoms. The summed E-state index contributed by atoms with van der Waals surface area (Å²) in [7, 11) is 0. The van der Waals surface area contributed by atoms with E-state index in [4.69, 9.17) is 6.42 Å². The molecule has 0 radical (unpaired) electrons. The summed E-state index contributed by atoms with van der Waals surface area (Å²) in [4.78, 5) is 30.8. The maximum absolute atomic E-state index is 12.7. The lowest BCUT2D eigenvalue weighted by Gasteiger charge is -2.41. The first-order chi connectivity index (χ1) is 13.9. The van der Waals surface area contributed by atoms with Gasteiger partial charge in [0.05, 0.1) is 23.6 Å². The van der Waals surface area contributed by atoms with Gasteiger partial charge in [0.2, 0.25) is 5.91 Å². The molecule has 3 rings (SSSR count). The van der Waals surface area contributed by atoms with Crippen LogP contribution in [0.25, 0.3) is 0 Å². The van der Waals surface area contributed by atoms with Gasteiger partial charge in [-0.05, 0) is 38.7 Å². The number of nitrogens with zero attached hydrogens (tertiary/aromatic N) is 5. The highest BCUT2D eigenvalue weighted by Gasteiger charge is 2.37. The molecule has 1 amide bonds. The molecular weight excluding hydrogens is 372 g/mol. The Kier molecular flexibility index (Phi) is 6.00. The van der Waals surface area contributed by atoms with E-state index in [1.807, 2.05) is 0 Å². The average Bonchev–Trinajstić information content (AvgIpc) is 3.16. The summed E-state index contributed by atoms with van der Waals surface area (Å²) in [5.74, 6) is 3.18. The van der Waals surface area contributed by atoms with Gasteiger partial charge in [0.15, 0.2) is 0 Å². The van der Waals surface area contributed by atoms with Gasteiger partial charge in [0, 0.05) is 24.7 Å². The largest absolute Gasteiger partial charge is 0.356 e. The van der Waals surface area contributed by atoms with Crippen LogP contribution in [0.3, 0.4) is 0 Å². The lowest BCUT2D eigenvalue weighted by atomic mass is 9.89. The average molecular weight is 396 g/mol. The van der Waals surface area contributed by atoms with Crippen LogP contribution in [0.2, 0.25) is 0 Å². The first kappa shape index (κ1) is 20.6. The van der Waals surface area contributed by atoms with Crippen LogP contribution in [0.1, 0.15) is 32.6 Å². The molecule has 0 aliphatic carbocycles. The van der Waals surface area contributed by atoms with E-state index in [0.29, 0.717) is 18.7 Å². The number of hydrogen-bond donors (Lipinski definition) is 1. The fourth-order valence-corrected chi connectivity index (χ4v) is 3.91. The number of hydrogen-bond acceptors (Lipinski definition) is 7. The van der Waals surface area contributed by atoms with Crippen molar-refractivity contribution in [2.24, 2.45) is 0 Å². The predicted molar refractivity (Wildman–Crippen MR) is 107 cm³/mol. The Hall–Kier alpha value is -3.17. The van der Waals surface area contributed by atoms with Crippen molar-refractivity contribution < 1.29 is 9.72 Å². The second-order valence-electron chi connectivity index (χ2n) is 7.74. The number of carbonyl (C=O) groups excluding carboxylic acids is 1. The Labute approximate surface area is 169 Å². The van der Waals surface area contributed by atoms with E-state index in [0.717, 1.165) is 25.9 Å². The van der Waals surface area contributed by atoms with E-state index < -0.39 is 11.0 Å². The fourth-order valence-electron chi connectivity index (χ4n) is 3.91. The van der Waals surface area contributed by atoms with Crippen LogP contribution in [0.15, 0.2) is 18.3 Å². The number of terminal acetylenes is 1. The number of aromatic nitrogens is 1. The third-order valence-corrected chi connectivity index (χ3v) is 5.81. The number of piperidine rings is 1. The van der Waals surface area contributed by atoms with Crippen LogP contribution < -0.4 is 10.2 Å². The molecule has 9 nitrogen and oxygen atoms in total. The van der Waals surface area contributed by atoms with Gasteiger partial charge >= 0.3 is 0 Å². The molecule has 0 bridgehead atoms. The number of anilines is 1. The van der Waals surface area contributed by atoms with Gasteiger partial charge < -0.3 is 15.1 Å². The fraction of sp³-hybridized carbons (Fsp3) is 0.550. The maximum Gasteiger partial charge on any atom is 0.287 e. The zero-order chi connectivity index (χ0) is 21.0. The molecule has 152 valence electrons. The van der Waals surface area contributed by atoms with Gasteiger partial charge in [-0.1, -0.05) is 5.92 Å². The summed E-state index contributed by atoms with van der Waals surface area (Å²) >= 11 is 0. The molecule has 0 saturated carbocycles. The van der Waals surface area contributed by atoms with Gasteiger partial charge in [-0.15, -0.1) is 6.42 Å². The summed E-state index contributed by atoms with van der Waals surface area (Å²) in [5.41, 5.74) is -0.251. The monoisotopic (exact) mass is 396 g/mol. The molecule has 0 aromatic carbocycles. The predicted octanol–water partition coefficient (Wildman–Crippen LogP) is 1.45. The molecule has 0 unspecified atom stereocenters. The molecule has 2 atom stereocenters. The van der Waals surface area contributed by atoms with Gasteiger partial charge in [-0.25, -0.2) is 4.98 Å². The van der Waals surface area contributed by atoms with Gasteiger partial charge in [0.25, 0.3) is 5.69 Å². The zero-order valence-electron chi connectivity index (χ0n) is 16.4. The number of likely N-dealkylation sites (tertiary alicyclic amines) is 1. The minimum Gasteiger partial charge on any atom is -0.356 e. The van der Waals surface area contributed by atoms with E-state index in [1.165, 1.54) is 17.2 Å². The van der Waals surface area contributed by atoms with E-state index in [1.54, 1.807) is 6.07 Å². The van der Waals surface area contributed by atoms with Gasteiger partial charge in [-0.2, -0.15) is 5.26 Å². The van der Waals surface area contributed by atoms with E-state index >= 15 is 0 Å². The van der Waals surface area contributed by atoms with Crippen molar-refractivity contribution in [3.8, 4) is 18.4 Å². The highest BCUT2D eigenvalue weighted by molar-refractivity contribution is 5.80. The molecule has 1 aromatic heterocycles. The quantitative estimate of drug-likeness (QED) is 0.455. The van der Waals surface area contributed by atoms with E-state index in [-0.39, 0.29) is 29.7 Å². The van der Waals surface area contributed by atoms with Crippen LogP contribution >= 0.6 is 0 Å². The van der Waals surface area contributed by atoms with Crippen molar-refractivity contribution >= 4 is 17.4 Å². The molecule has 1 aromatic rings. The summed E-state index contributed by atoms with van der Waals surface area (Å²) in [6.07, 6.45) is 9.65. The van der Waals surface area contributed by atoms with Crippen molar-refractivity contribution in [3.63, 3.8) is 0 Å². The lowest BCUT2D eigenvalue weighted by Crippen LogP contribution is -2.55. The number of nitro groups is 1. The Morgan fingerprint density at radius 3 is 2.66 bits per heavy atom. The topological polar surface area (TPSA) is 115 Å². The molecular formula is C20H24N6O3. The lowest BCUT2D eigenvalue weighted by molar-refractivity contribution is -0.385. The SMILES string of the molecule is C#C[C@@H]1CC[C@@H](C#N)N1C(=O)CNC1(C)CCN(c2ccc([N+](=O)[O-])cn2)CC1. The van der Waals surface area contributed by atoms with E-state index in [9.17, 15) is 20.2 Å². The molecule has 2 fully saturated rings. The van der Waals surface area contributed by atoms with Crippen LogP contribution in [-0.2, 0) is 4.79 Å². The highest BCUT2D eigenvalue weighted by Crippen LogP contribution is 2.27. The zero-order valence-corrected chi connectivity index (χ0v) is 16.4. The Bertz CT molecular complexity index is 826. The minimum atomic E-state index is -0.465. The van der Waals surface area contributed by atoms with Gasteiger partial charge in [0.1, 0.15) is 18.1 Å². The van der Waals surface area contributed by atoms with Crippen LogP contribution in [0.4, 0.5) is 11.5 Å². The third kappa shape index (κ3) is 4.47. The summed E-state index contributed by atoms with van der Waals surface area (Å²) in [6, 6.07) is 4.52. The van der Waals surface area contributed by atoms with Crippen molar-refractivity contribution in [1.82, 2.24) is 15.2 Å². The maximum atomic E-state index is 12.7. The van der Waals surface area contributed by atoms with Crippen molar-refractivity contribution in [1.29, 1.82) is 5.26 Å². The Morgan fingerprint density at radius 2 is 2.10 bits per heavy atom. The van der Waals surface area contributed by atoms with Crippen molar-refractivity contribution in [3.05, 3.63) is 28.4 Å². The number of carbonyl (C=O) groups is 1. The Morgan fingerprint density at radius 1 is 1.41 bits per heavy atom. The summed E-state index contributed by atoms with van der Waals surface area (Å²) in [5, 5.41) is 23.4. The highest BCUT2D eigenvalue weighted by atomic mass is 16.6. The molecule has 2 aliphatic heterocycles. The van der Waals surface area contributed by atoms with Crippen LogP contribution in [-0.4, -0.2) is 58.0 Å². The van der Waals surface area contributed by atoms with Crippen LogP contribution in [0.5, 0.6) is 0 Å². The smallest absolute Gasteiger partial charge is 0.287 e. The first-order valence-electron chi connectivity index (χ1n) is 9.64. The summed E-state index contributed by atoms with van der Waals surface area (Å²) < 4.78 is 0. The van der Waals surface area contributed by atoms with Gasteiger partial charge in [-0.3, -0.25) is 14.9 Å². The second-order valence-corrected chi connectivity index (χ2v) is 7.74. The molecule has 2 saturated heterocycles. The molecule has 9 heteroatoms. The third-order valence-electron chi connectivity index (χ3n) is 5.81.